The normalized spacial score (nSPS) is 27.6. The quantitative estimate of drug-likeness (QED) is 0.899. The van der Waals surface area contributed by atoms with Crippen LogP contribution in [-0.4, -0.2) is 4.98 Å². The summed E-state index contributed by atoms with van der Waals surface area (Å²) >= 11 is 1.66. The minimum atomic E-state index is -0.225. The molecule has 2 heterocycles. The van der Waals surface area contributed by atoms with E-state index in [2.05, 4.69) is 12.3 Å². The number of aryl methyl sites for hydroxylation is 1. The molecule has 0 amide bonds. The summed E-state index contributed by atoms with van der Waals surface area (Å²) in [7, 11) is 0. The van der Waals surface area contributed by atoms with Crippen LogP contribution in [0.4, 0.5) is 0 Å². The predicted molar refractivity (Wildman–Crippen MR) is 78.1 cm³/mol. The Morgan fingerprint density at radius 1 is 1.37 bits per heavy atom. The third-order valence-electron chi connectivity index (χ3n) is 4.09. The van der Waals surface area contributed by atoms with Crippen molar-refractivity contribution in [1.82, 2.24) is 4.98 Å². The van der Waals surface area contributed by atoms with Crippen molar-refractivity contribution in [2.45, 2.75) is 45.1 Å². The predicted octanol–water partition coefficient (Wildman–Crippen LogP) is 4.08. The summed E-state index contributed by atoms with van der Waals surface area (Å²) in [6.45, 7) is 4.25. The number of aromatic nitrogens is 1. The Morgan fingerprint density at radius 3 is 2.74 bits per heavy atom. The number of furan rings is 1. The van der Waals surface area contributed by atoms with Gasteiger partial charge in [0, 0.05) is 5.38 Å². The summed E-state index contributed by atoms with van der Waals surface area (Å²) in [4.78, 5) is 4.71. The monoisotopic (exact) mass is 276 g/mol. The fourth-order valence-electron chi connectivity index (χ4n) is 2.68. The van der Waals surface area contributed by atoms with Gasteiger partial charge in [0.05, 0.1) is 5.54 Å². The molecule has 1 saturated carbocycles. The molecule has 0 bridgehead atoms. The highest BCUT2D eigenvalue weighted by atomic mass is 32.1. The van der Waals surface area contributed by atoms with E-state index in [0.29, 0.717) is 0 Å². The molecule has 0 saturated heterocycles. The molecule has 0 unspecified atom stereocenters. The Labute approximate surface area is 117 Å². The van der Waals surface area contributed by atoms with Crippen molar-refractivity contribution in [2.24, 2.45) is 11.7 Å². The van der Waals surface area contributed by atoms with Crippen molar-refractivity contribution < 1.29 is 4.42 Å². The van der Waals surface area contributed by atoms with E-state index in [1.807, 2.05) is 19.1 Å². The van der Waals surface area contributed by atoms with Crippen molar-refractivity contribution in [1.29, 1.82) is 0 Å². The third-order valence-corrected chi connectivity index (χ3v) is 5.15. The summed E-state index contributed by atoms with van der Waals surface area (Å²) in [5, 5.41) is 3.11. The van der Waals surface area contributed by atoms with Gasteiger partial charge < -0.3 is 10.2 Å². The van der Waals surface area contributed by atoms with Gasteiger partial charge in [-0.15, -0.1) is 11.3 Å². The molecule has 0 atom stereocenters. The first-order valence-corrected chi connectivity index (χ1v) is 7.76. The molecule has 3 nitrogen and oxygen atoms in total. The fraction of sp³-hybridized carbons (Fsp3) is 0.533. The molecule has 0 radical (unpaired) electrons. The first kappa shape index (κ1) is 12.9. The van der Waals surface area contributed by atoms with Crippen LogP contribution in [0.3, 0.4) is 0 Å². The van der Waals surface area contributed by atoms with Gasteiger partial charge in [0.15, 0.2) is 5.76 Å². The molecule has 0 aliphatic heterocycles. The topological polar surface area (TPSA) is 52.0 Å². The minimum Gasteiger partial charge on any atom is -0.460 e. The molecule has 2 N–H and O–H groups in total. The Kier molecular flexibility index (Phi) is 3.23. The Hall–Kier alpha value is -1.13. The van der Waals surface area contributed by atoms with Gasteiger partial charge >= 0.3 is 0 Å². The molecule has 102 valence electrons. The number of nitrogens with zero attached hydrogens (tertiary/aromatic N) is 1. The van der Waals surface area contributed by atoms with Gasteiger partial charge in [-0.2, -0.15) is 0 Å². The average molecular weight is 276 g/mol. The maximum atomic E-state index is 6.56. The second-order valence-corrected chi connectivity index (χ2v) is 6.64. The number of hydrogen-bond acceptors (Lipinski definition) is 4. The van der Waals surface area contributed by atoms with Crippen molar-refractivity contribution >= 4 is 11.3 Å². The van der Waals surface area contributed by atoms with E-state index in [4.69, 9.17) is 15.1 Å². The summed E-state index contributed by atoms with van der Waals surface area (Å²) in [5.74, 6) is 2.55. The molecule has 1 aliphatic carbocycles. The minimum absolute atomic E-state index is 0.225. The Balaban J connectivity index is 1.85. The molecule has 0 aromatic carbocycles. The Morgan fingerprint density at radius 2 is 2.11 bits per heavy atom. The molecule has 19 heavy (non-hydrogen) atoms. The molecular weight excluding hydrogens is 256 g/mol. The zero-order valence-electron chi connectivity index (χ0n) is 11.5. The summed E-state index contributed by atoms with van der Waals surface area (Å²) < 4.78 is 5.62. The van der Waals surface area contributed by atoms with Crippen molar-refractivity contribution in [3.63, 3.8) is 0 Å². The van der Waals surface area contributed by atoms with Gasteiger partial charge in [0.2, 0.25) is 0 Å². The lowest BCUT2D eigenvalue weighted by Gasteiger charge is -2.34. The van der Waals surface area contributed by atoms with E-state index in [9.17, 15) is 0 Å². The van der Waals surface area contributed by atoms with Crippen LogP contribution in [0.5, 0.6) is 0 Å². The van der Waals surface area contributed by atoms with Crippen molar-refractivity contribution in [2.75, 3.05) is 0 Å². The molecule has 0 spiro atoms. The van der Waals surface area contributed by atoms with Crippen molar-refractivity contribution in [3.8, 4) is 11.5 Å². The first-order valence-electron chi connectivity index (χ1n) is 6.88. The van der Waals surface area contributed by atoms with Crippen LogP contribution in [0, 0.1) is 12.8 Å². The SMILES string of the molecule is Cc1ccc(-c2csc(C3(N)CCC(C)CC3)n2)o1. The van der Waals surface area contributed by atoms with Crippen LogP contribution in [0.1, 0.15) is 43.4 Å². The van der Waals surface area contributed by atoms with E-state index in [-0.39, 0.29) is 5.54 Å². The molecule has 4 heteroatoms. The largest absolute Gasteiger partial charge is 0.460 e. The van der Waals surface area contributed by atoms with Gasteiger partial charge in [0.1, 0.15) is 16.5 Å². The third kappa shape index (κ3) is 2.47. The van der Waals surface area contributed by atoms with Crippen LogP contribution in [-0.2, 0) is 5.54 Å². The fourth-order valence-corrected chi connectivity index (χ4v) is 3.66. The van der Waals surface area contributed by atoms with Gasteiger partial charge in [0.25, 0.3) is 0 Å². The lowest BCUT2D eigenvalue weighted by molar-refractivity contribution is 0.247. The number of hydrogen-bond donors (Lipinski definition) is 1. The summed E-state index contributed by atoms with van der Waals surface area (Å²) in [5.41, 5.74) is 7.24. The first-order chi connectivity index (χ1) is 9.07. The van der Waals surface area contributed by atoms with Crippen LogP contribution in [0.2, 0.25) is 0 Å². The van der Waals surface area contributed by atoms with E-state index in [1.54, 1.807) is 11.3 Å². The zero-order chi connectivity index (χ0) is 13.5. The molecule has 1 aliphatic rings. The highest BCUT2D eigenvalue weighted by Gasteiger charge is 2.34. The molecule has 2 aromatic rings. The standard InChI is InChI=1S/C15H20N2OS/c1-10-5-7-15(16,8-6-10)14-17-12(9-19-14)13-4-3-11(2)18-13/h3-4,9-10H,5-8,16H2,1-2H3. The van der Waals surface area contributed by atoms with Gasteiger partial charge in [-0.1, -0.05) is 6.92 Å². The van der Waals surface area contributed by atoms with Crippen LogP contribution in [0.15, 0.2) is 21.9 Å². The maximum absolute atomic E-state index is 6.56. The van der Waals surface area contributed by atoms with Crippen LogP contribution < -0.4 is 5.73 Å². The zero-order valence-corrected chi connectivity index (χ0v) is 12.3. The van der Waals surface area contributed by atoms with Gasteiger partial charge in [-0.3, -0.25) is 0 Å². The van der Waals surface area contributed by atoms with Crippen LogP contribution in [0.25, 0.3) is 11.5 Å². The number of nitrogens with two attached hydrogens (primary N) is 1. The molecule has 1 fully saturated rings. The summed E-state index contributed by atoms with van der Waals surface area (Å²) in [6, 6.07) is 3.94. The van der Waals surface area contributed by atoms with Crippen molar-refractivity contribution in [3.05, 3.63) is 28.3 Å². The molecule has 3 rings (SSSR count). The average Bonchev–Trinajstić information content (AvgIpc) is 3.02. The van der Waals surface area contributed by atoms with Gasteiger partial charge in [-0.05, 0) is 50.7 Å². The number of thiazole rings is 1. The van der Waals surface area contributed by atoms with E-state index in [1.165, 1.54) is 12.8 Å². The van der Waals surface area contributed by atoms with Crippen LogP contribution >= 0.6 is 11.3 Å². The smallest absolute Gasteiger partial charge is 0.153 e. The number of rotatable bonds is 2. The maximum Gasteiger partial charge on any atom is 0.153 e. The lowest BCUT2D eigenvalue weighted by Crippen LogP contribution is -2.40. The Bertz CT molecular complexity index is 564. The second kappa shape index (κ2) is 4.76. The van der Waals surface area contributed by atoms with E-state index in [0.717, 1.165) is 41.0 Å². The highest BCUT2D eigenvalue weighted by molar-refractivity contribution is 7.10. The van der Waals surface area contributed by atoms with E-state index < -0.39 is 0 Å². The molecule has 2 aromatic heterocycles. The molecular formula is C15H20N2OS. The summed E-state index contributed by atoms with van der Waals surface area (Å²) in [6.07, 6.45) is 4.48. The van der Waals surface area contributed by atoms with E-state index >= 15 is 0 Å². The van der Waals surface area contributed by atoms with Gasteiger partial charge in [-0.25, -0.2) is 4.98 Å². The second-order valence-electron chi connectivity index (χ2n) is 5.79. The lowest BCUT2D eigenvalue weighted by atomic mass is 9.78. The highest BCUT2D eigenvalue weighted by Crippen LogP contribution is 2.39.